The van der Waals surface area contributed by atoms with Crippen molar-refractivity contribution in [3.05, 3.63) is 79.9 Å². The molecule has 2 aromatic carbocycles. The molecule has 0 amide bonds. The zero-order valence-electron chi connectivity index (χ0n) is 13.6. The van der Waals surface area contributed by atoms with Crippen molar-refractivity contribution in [2.75, 3.05) is 0 Å². The summed E-state index contributed by atoms with van der Waals surface area (Å²) in [7, 11) is 0. The zero-order valence-corrected chi connectivity index (χ0v) is 15.6. The molecule has 26 heavy (non-hydrogen) atoms. The standard InChI is InChI=1S/C16H16N2O6.BH4.Na/c19-15(11-3-1-5-13(9-11)17(21)22)7-8-16(20)12-4-2-6-14(10-12)18(23)24;;/h1-6,9-10,15-16,19-20H,7-8H2;1H4;/q;-1;+1. The fourth-order valence-corrected chi connectivity index (χ4v) is 2.34. The summed E-state index contributed by atoms with van der Waals surface area (Å²) < 4.78 is 0. The second kappa shape index (κ2) is 11.0. The second-order valence-corrected chi connectivity index (χ2v) is 5.31. The third kappa shape index (κ3) is 6.51. The molecule has 0 aliphatic rings. The Morgan fingerprint density at radius 1 is 0.808 bits per heavy atom. The molecular formula is C16H20BN2NaO6. The van der Waals surface area contributed by atoms with Gasteiger partial charge in [0.1, 0.15) is 0 Å². The summed E-state index contributed by atoms with van der Waals surface area (Å²) in [6.45, 7) is 0. The number of aliphatic hydroxyl groups is 2. The van der Waals surface area contributed by atoms with E-state index in [1.165, 1.54) is 36.4 Å². The van der Waals surface area contributed by atoms with Crippen LogP contribution in [-0.4, -0.2) is 28.5 Å². The number of hydrogen-bond acceptors (Lipinski definition) is 6. The zero-order chi connectivity index (χ0) is 17.7. The van der Waals surface area contributed by atoms with Gasteiger partial charge in [-0.3, -0.25) is 20.2 Å². The minimum Gasteiger partial charge on any atom is -0.388 e. The van der Waals surface area contributed by atoms with Crippen LogP contribution in [0.5, 0.6) is 0 Å². The number of nitro groups is 2. The van der Waals surface area contributed by atoms with E-state index in [-0.39, 0.29) is 62.2 Å². The Morgan fingerprint density at radius 3 is 1.46 bits per heavy atom. The van der Waals surface area contributed by atoms with Crippen molar-refractivity contribution in [1.29, 1.82) is 0 Å². The molecule has 134 valence electrons. The average molecular weight is 370 g/mol. The van der Waals surface area contributed by atoms with Crippen molar-refractivity contribution in [3.8, 4) is 0 Å². The number of rotatable bonds is 7. The SMILES string of the molecule is O=[N+]([O-])c1cccc(C(O)CCC(O)c2cccc([N+](=O)[O-])c2)c1.[BH4-].[Na+]. The monoisotopic (exact) mass is 370 g/mol. The van der Waals surface area contributed by atoms with E-state index in [2.05, 4.69) is 0 Å². The Hall–Kier alpha value is -1.78. The summed E-state index contributed by atoms with van der Waals surface area (Å²) in [6.07, 6.45) is -1.63. The van der Waals surface area contributed by atoms with Crippen LogP contribution in [0.1, 0.15) is 36.2 Å². The molecule has 10 heteroatoms. The second-order valence-electron chi connectivity index (χ2n) is 5.31. The predicted octanol–water partition coefficient (Wildman–Crippen LogP) is -1.40. The van der Waals surface area contributed by atoms with E-state index in [1.54, 1.807) is 12.1 Å². The molecule has 0 saturated heterocycles. The average Bonchev–Trinajstić information content (AvgIpc) is 2.59. The van der Waals surface area contributed by atoms with Gasteiger partial charge in [0, 0.05) is 24.3 Å². The van der Waals surface area contributed by atoms with Crippen molar-refractivity contribution in [2.24, 2.45) is 0 Å². The van der Waals surface area contributed by atoms with Gasteiger partial charge >= 0.3 is 29.6 Å². The number of non-ortho nitro benzene ring substituents is 2. The minimum absolute atomic E-state index is 0. The molecular weight excluding hydrogens is 350 g/mol. The van der Waals surface area contributed by atoms with Crippen LogP contribution in [0.25, 0.3) is 0 Å². The van der Waals surface area contributed by atoms with E-state index in [0.717, 1.165) is 0 Å². The van der Waals surface area contributed by atoms with Crippen LogP contribution < -0.4 is 29.6 Å². The Kier molecular flexibility index (Phi) is 10.3. The molecule has 0 bridgehead atoms. The summed E-state index contributed by atoms with van der Waals surface area (Å²) in [5.74, 6) is 0. The smallest absolute Gasteiger partial charge is 0.388 e. The maximum Gasteiger partial charge on any atom is 1.00 e. The summed E-state index contributed by atoms with van der Waals surface area (Å²) in [5.41, 5.74) is 0.530. The first kappa shape index (κ1) is 24.2. The van der Waals surface area contributed by atoms with Crippen LogP contribution in [0, 0.1) is 20.2 Å². The van der Waals surface area contributed by atoms with Gasteiger partial charge in [-0.05, 0) is 24.0 Å². The maximum absolute atomic E-state index is 10.7. The molecule has 0 aliphatic carbocycles. The van der Waals surface area contributed by atoms with Crippen LogP contribution in [0.2, 0.25) is 0 Å². The number of hydrogen-bond donors (Lipinski definition) is 2. The number of nitro benzene ring substituents is 2. The van der Waals surface area contributed by atoms with Crippen molar-refractivity contribution in [3.63, 3.8) is 0 Å². The molecule has 2 N–H and O–H groups in total. The van der Waals surface area contributed by atoms with E-state index in [0.29, 0.717) is 11.1 Å². The Bertz CT molecular complexity index is 698. The normalized spacial score (nSPS) is 12.2. The van der Waals surface area contributed by atoms with Gasteiger partial charge in [-0.1, -0.05) is 32.7 Å². The predicted molar refractivity (Wildman–Crippen MR) is 96.7 cm³/mol. The van der Waals surface area contributed by atoms with Gasteiger partial charge in [0.2, 0.25) is 0 Å². The van der Waals surface area contributed by atoms with Crippen LogP contribution in [0.3, 0.4) is 0 Å². The largest absolute Gasteiger partial charge is 1.00 e. The van der Waals surface area contributed by atoms with Gasteiger partial charge in [0.15, 0.2) is 0 Å². The summed E-state index contributed by atoms with van der Waals surface area (Å²) in [4.78, 5) is 20.4. The Morgan fingerprint density at radius 2 is 1.15 bits per heavy atom. The van der Waals surface area contributed by atoms with Crippen molar-refractivity contribution in [2.45, 2.75) is 25.0 Å². The van der Waals surface area contributed by atoms with Gasteiger partial charge in [0.05, 0.1) is 22.1 Å². The van der Waals surface area contributed by atoms with Crippen molar-refractivity contribution < 1.29 is 49.6 Å². The molecule has 8 nitrogen and oxygen atoms in total. The summed E-state index contributed by atoms with van der Waals surface area (Å²) >= 11 is 0. The van der Waals surface area contributed by atoms with Gasteiger partial charge < -0.3 is 10.2 Å². The van der Waals surface area contributed by atoms with E-state index >= 15 is 0 Å². The molecule has 0 aromatic heterocycles. The molecule has 2 rings (SSSR count). The van der Waals surface area contributed by atoms with E-state index < -0.39 is 22.1 Å². The molecule has 0 heterocycles. The first-order chi connectivity index (χ1) is 11.4. The van der Waals surface area contributed by atoms with Crippen LogP contribution in [-0.2, 0) is 0 Å². The van der Waals surface area contributed by atoms with Crippen molar-refractivity contribution >= 4 is 19.8 Å². The maximum atomic E-state index is 10.7. The number of nitrogens with zero attached hydrogens (tertiary/aromatic N) is 2. The van der Waals surface area contributed by atoms with Crippen LogP contribution in [0.4, 0.5) is 11.4 Å². The van der Waals surface area contributed by atoms with Crippen molar-refractivity contribution in [1.82, 2.24) is 0 Å². The molecule has 0 spiro atoms. The molecule has 2 atom stereocenters. The fourth-order valence-electron chi connectivity index (χ4n) is 2.34. The molecule has 0 aliphatic heterocycles. The minimum atomic E-state index is -0.974. The topological polar surface area (TPSA) is 127 Å². The van der Waals surface area contributed by atoms with Crippen LogP contribution >= 0.6 is 0 Å². The molecule has 0 radical (unpaired) electrons. The fraction of sp³-hybridized carbons (Fsp3) is 0.250. The summed E-state index contributed by atoms with van der Waals surface area (Å²) in [6, 6.07) is 11.3. The third-order valence-electron chi connectivity index (χ3n) is 3.65. The van der Waals surface area contributed by atoms with Gasteiger partial charge in [-0.25, -0.2) is 0 Å². The van der Waals surface area contributed by atoms with Gasteiger partial charge in [-0.15, -0.1) is 0 Å². The number of benzene rings is 2. The van der Waals surface area contributed by atoms with Crippen LogP contribution in [0.15, 0.2) is 48.5 Å². The number of aliphatic hydroxyl groups excluding tert-OH is 2. The first-order valence-corrected chi connectivity index (χ1v) is 7.23. The van der Waals surface area contributed by atoms with Gasteiger partial charge in [0.25, 0.3) is 11.4 Å². The van der Waals surface area contributed by atoms with E-state index in [4.69, 9.17) is 0 Å². The third-order valence-corrected chi connectivity index (χ3v) is 3.65. The Labute approximate surface area is 174 Å². The van der Waals surface area contributed by atoms with E-state index in [1.807, 2.05) is 0 Å². The molecule has 0 saturated carbocycles. The molecule has 0 fully saturated rings. The first-order valence-electron chi connectivity index (χ1n) is 7.23. The Balaban J connectivity index is 0.00000312. The molecule has 2 unspecified atom stereocenters. The van der Waals surface area contributed by atoms with Gasteiger partial charge in [-0.2, -0.15) is 0 Å². The quantitative estimate of drug-likeness (QED) is 0.351. The summed E-state index contributed by atoms with van der Waals surface area (Å²) in [5, 5.41) is 41.7. The molecule has 2 aromatic rings. The van der Waals surface area contributed by atoms with E-state index in [9.17, 15) is 30.4 Å².